The summed E-state index contributed by atoms with van der Waals surface area (Å²) in [5.41, 5.74) is -0.217. The van der Waals surface area contributed by atoms with E-state index in [0.29, 0.717) is 25.4 Å². The van der Waals surface area contributed by atoms with Gasteiger partial charge in [-0.1, -0.05) is 0 Å². The van der Waals surface area contributed by atoms with Gasteiger partial charge in [0, 0.05) is 0 Å². The van der Waals surface area contributed by atoms with E-state index in [2.05, 4.69) is 27.7 Å². The largest absolute Gasteiger partial charge is 0.373 e. The van der Waals surface area contributed by atoms with Crippen molar-refractivity contribution in [2.24, 2.45) is 0 Å². The maximum Gasteiger partial charge on any atom is 0.104 e. The molecule has 2 heterocycles. The third-order valence-corrected chi connectivity index (χ3v) is 3.45. The van der Waals surface area contributed by atoms with E-state index in [1.165, 1.54) is 0 Å². The summed E-state index contributed by atoms with van der Waals surface area (Å²) in [5, 5.41) is 0. The van der Waals surface area contributed by atoms with Crippen molar-refractivity contribution in [3.8, 4) is 0 Å². The lowest BCUT2D eigenvalue weighted by atomic mass is 9.93. The molecule has 0 radical (unpaired) electrons. The zero-order valence-corrected chi connectivity index (χ0v) is 12.0. The molecule has 106 valence electrons. The summed E-state index contributed by atoms with van der Waals surface area (Å²) in [5.74, 6) is 0. The minimum absolute atomic E-state index is 0.108. The first-order chi connectivity index (χ1) is 8.36. The standard InChI is InChI=1S/C14H26O4/c1-13(2,17-9-11-7-15-11)5-6-14(3,4)18-10-12-8-16-12/h11-12H,5-10H2,1-4H3. The van der Waals surface area contributed by atoms with Crippen LogP contribution in [0.3, 0.4) is 0 Å². The van der Waals surface area contributed by atoms with Crippen molar-refractivity contribution in [1.29, 1.82) is 0 Å². The van der Waals surface area contributed by atoms with E-state index < -0.39 is 0 Å². The molecular formula is C14H26O4. The van der Waals surface area contributed by atoms with Gasteiger partial charge in [-0.05, 0) is 40.5 Å². The molecule has 0 saturated carbocycles. The van der Waals surface area contributed by atoms with Gasteiger partial charge in [0.1, 0.15) is 12.2 Å². The zero-order valence-electron chi connectivity index (χ0n) is 12.0. The first kappa shape index (κ1) is 14.3. The molecule has 2 fully saturated rings. The van der Waals surface area contributed by atoms with Crippen LogP contribution in [-0.4, -0.2) is 49.8 Å². The van der Waals surface area contributed by atoms with Crippen LogP contribution in [0.4, 0.5) is 0 Å². The predicted octanol–water partition coefficient (Wildman–Crippen LogP) is 2.15. The minimum atomic E-state index is -0.108. The van der Waals surface area contributed by atoms with Crippen LogP contribution in [0, 0.1) is 0 Å². The van der Waals surface area contributed by atoms with Crippen LogP contribution in [0.5, 0.6) is 0 Å². The fourth-order valence-corrected chi connectivity index (χ4v) is 1.71. The third-order valence-electron chi connectivity index (χ3n) is 3.45. The smallest absolute Gasteiger partial charge is 0.104 e. The molecule has 2 saturated heterocycles. The second-order valence-corrected chi connectivity index (χ2v) is 6.55. The van der Waals surface area contributed by atoms with Crippen molar-refractivity contribution < 1.29 is 18.9 Å². The second kappa shape index (κ2) is 5.45. The zero-order chi connectivity index (χ0) is 13.2. The van der Waals surface area contributed by atoms with E-state index in [1.807, 2.05) is 0 Å². The van der Waals surface area contributed by atoms with Crippen molar-refractivity contribution in [1.82, 2.24) is 0 Å². The number of rotatable bonds is 9. The Morgan fingerprint density at radius 2 is 1.17 bits per heavy atom. The Morgan fingerprint density at radius 3 is 1.44 bits per heavy atom. The van der Waals surface area contributed by atoms with E-state index in [0.717, 1.165) is 26.1 Å². The van der Waals surface area contributed by atoms with Crippen LogP contribution in [0.15, 0.2) is 0 Å². The van der Waals surface area contributed by atoms with E-state index in [-0.39, 0.29) is 11.2 Å². The van der Waals surface area contributed by atoms with E-state index in [4.69, 9.17) is 18.9 Å². The van der Waals surface area contributed by atoms with Gasteiger partial charge in [-0.25, -0.2) is 0 Å². The summed E-state index contributed by atoms with van der Waals surface area (Å²) >= 11 is 0. The Balaban J connectivity index is 1.63. The van der Waals surface area contributed by atoms with E-state index >= 15 is 0 Å². The average Bonchev–Trinajstić information content (AvgIpc) is 3.16. The quantitative estimate of drug-likeness (QED) is 0.594. The molecule has 0 spiro atoms. The van der Waals surface area contributed by atoms with E-state index in [1.54, 1.807) is 0 Å². The van der Waals surface area contributed by atoms with Crippen molar-refractivity contribution in [2.45, 2.75) is 63.9 Å². The van der Waals surface area contributed by atoms with Gasteiger partial charge >= 0.3 is 0 Å². The van der Waals surface area contributed by atoms with Crippen molar-refractivity contribution in [3.05, 3.63) is 0 Å². The predicted molar refractivity (Wildman–Crippen MR) is 68.8 cm³/mol. The number of hydrogen-bond acceptors (Lipinski definition) is 4. The highest BCUT2D eigenvalue weighted by Crippen LogP contribution is 2.27. The third kappa shape index (κ3) is 5.65. The normalized spacial score (nSPS) is 27.3. The number of ether oxygens (including phenoxy) is 4. The maximum absolute atomic E-state index is 5.88. The topological polar surface area (TPSA) is 43.5 Å². The Hall–Kier alpha value is -0.160. The molecular weight excluding hydrogens is 232 g/mol. The van der Waals surface area contributed by atoms with Gasteiger partial charge in [-0.2, -0.15) is 0 Å². The summed E-state index contributed by atoms with van der Waals surface area (Å²) in [6.45, 7) is 11.7. The fraction of sp³-hybridized carbons (Fsp3) is 1.00. The molecule has 0 aliphatic carbocycles. The molecule has 2 aliphatic rings. The monoisotopic (exact) mass is 258 g/mol. The summed E-state index contributed by atoms with van der Waals surface area (Å²) in [6, 6.07) is 0. The number of epoxide rings is 2. The highest BCUT2D eigenvalue weighted by Gasteiger charge is 2.31. The summed E-state index contributed by atoms with van der Waals surface area (Å²) in [7, 11) is 0. The molecule has 0 bridgehead atoms. The molecule has 2 rings (SSSR count). The molecule has 0 amide bonds. The average molecular weight is 258 g/mol. The van der Waals surface area contributed by atoms with Gasteiger partial charge in [-0.3, -0.25) is 0 Å². The van der Waals surface area contributed by atoms with Crippen molar-refractivity contribution in [2.75, 3.05) is 26.4 Å². The second-order valence-electron chi connectivity index (χ2n) is 6.55. The van der Waals surface area contributed by atoms with Crippen LogP contribution < -0.4 is 0 Å². The summed E-state index contributed by atoms with van der Waals surface area (Å²) < 4.78 is 22.1. The maximum atomic E-state index is 5.88. The first-order valence-corrected chi connectivity index (χ1v) is 6.87. The Bertz CT molecular complexity index is 239. The lowest BCUT2D eigenvalue weighted by Crippen LogP contribution is -2.33. The lowest BCUT2D eigenvalue weighted by molar-refractivity contribution is -0.0688. The molecule has 0 aromatic carbocycles. The molecule has 4 heteroatoms. The Kier molecular flexibility index (Phi) is 4.32. The highest BCUT2D eigenvalue weighted by molar-refractivity contribution is 4.79. The van der Waals surface area contributed by atoms with Crippen LogP contribution in [0.25, 0.3) is 0 Å². The van der Waals surface area contributed by atoms with Gasteiger partial charge in [0.2, 0.25) is 0 Å². The SMILES string of the molecule is CC(C)(CCC(C)(C)OCC1CO1)OCC1CO1. The Morgan fingerprint density at radius 1 is 0.833 bits per heavy atom. The molecule has 2 unspecified atom stereocenters. The number of hydrogen-bond donors (Lipinski definition) is 0. The molecule has 2 aliphatic heterocycles. The molecule has 0 N–H and O–H groups in total. The van der Waals surface area contributed by atoms with Crippen LogP contribution in [-0.2, 0) is 18.9 Å². The lowest BCUT2D eigenvalue weighted by Gasteiger charge is -2.31. The summed E-state index contributed by atoms with van der Waals surface area (Å²) in [4.78, 5) is 0. The molecule has 0 aromatic rings. The van der Waals surface area contributed by atoms with Gasteiger partial charge in [0.15, 0.2) is 0 Å². The highest BCUT2D eigenvalue weighted by atomic mass is 16.6. The molecule has 18 heavy (non-hydrogen) atoms. The Labute approximate surface area is 110 Å². The van der Waals surface area contributed by atoms with Crippen molar-refractivity contribution in [3.63, 3.8) is 0 Å². The van der Waals surface area contributed by atoms with E-state index in [9.17, 15) is 0 Å². The van der Waals surface area contributed by atoms with Crippen LogP contribution in [0.1, 0.15) is 40.5 Å². The van der Waals surface area contributed by atoms with Crippen molar-refractivity contribution >= 4 is 0 Å². The van der Waals surface area contributed by atoms with Gasteiger partial charge < -0.3 is 18.9 Å². The van der Waals surface area contributed by atoms with Crippen LogP contribution >= 0.6 is 0 Å². The fourth-order valence-electron chi connectivity index (χ4n) is 1.71. The molecule has 2 atom stereocenters. The minimum Gasteiger partial charge on any atom is -0.373 e. The van der Waals surface area contributed by atoms with Gasteiger partial charge in [0.05, 0.1) is 37.6 Å². The summed E-state index contributed by atoms with van der Waals surface area (Å²) in [6.07, 6.45) is 2.64. The van der Waals surface area contributed by atoms with Crippen LogP contribution in [0.2, 0.25) is 0 Å². The molecule has 0 aromatic heterocycles. The molecule has 4 nitrogen and oxygen atoms in total. The first-order valence-electron chi connectivity index (χ1n) is 6.87. The van der Waals surface area contributed by atoms with Gasteiger partial charge in [0.25, 0.3) is 0 Å². The van der Waals surface area contributed by atoms with Gasteiger partial charge in [-0.15, -0.1) is 0 Å².